The molecule has 3 rings (SSSR count). The number of benzene rings is 1. The third-order valence-electron chi connectivity index (χ3n) is 5.50. The van der Waals surface area contributed by atoms with Gasteiger partial charge in [-0.25, -0.2) is 0 Å². The molecule has 4 nitrogen and oxygen atoms in total. The van der Waals surface area contributed by atoms with Crippen LogP contribution in [0.15, 0.2) is 30.3 Å². The summed E-state index contributed by atoms with van der Waals surface area (Å²) in [7, 11) is 0. The number of aryl methyl sites for hydroxylation is 2. The van der Waals surface area contributed by atoms with Gasteiger partial charge in [0.25, 0.3) is 0 Å². The van der Waals surface area contributed by atoms with Crippen LogP contribution in [-0.4, -0.2) is 23.9 Å². The predicted molar refractivity (Wildman–Crippen MR) is 112 cm³/mol. The molecule has 0 atom stereocenters. The van der Waals surface area contributed by atoms with Crippen LogP contribution in [0.2, 0.25) is 0 Å². The summed E-state index contributed by atoms with van der Waals surface area (Å²) in [6, 6.07) is 9.98. The molecular formula is C22H21F6N3OS. The predicted octanol–water partition coefficient (Wildman–Crippen LogP) is 5.87. The first kappa shape index (κ1) is 24.9. The molecule has 0 saturated heterocycles. The van der Waals surface area contributed by atoms with Crippen LogP contribution in [-0.2, 0) is 24.1 Å². The minimum atomic E-state index is -5.93. The van der Waals surface area contributed by atoms with Crippen molar-refractivity contribution >= 4 is 22.2 Å². The second-order valence-corrected chi connectivity index (χ2v) is 8.89. The van der Waals surface area contributed by atoms with Crippen molar-refractivity contribution in [2.75, 3.05) is 5.32 Å². The topological polar surface area (TPSA) is 64.9 Å². The van der Waals surface area contributed by atoms with Gasteiger partial charge in [0.2, 0.25) is 5.91 Å². The number of nitrogens with zero attached hydrogens (tertiary/aromatic N) is 1. The fourth-order valence-electron chi connectivity index (χ4n) is 3.77. The van der Waals surface area contributed by atoms with Crippen molar-refractivity contribution in [1.82, 2.24) is 5.32 Å². The number of fused-ring (bicyclic) bond motifs is 1. The van der Waals surface area contributed by atoms with Crippen molar-refractivity contribution in [3.8, 4) is 6.07 Å². The Morgan fingerprint density at radius 3 is 2.24 bits per heavy atom. The maximum atomic E-state index is 14.0. The van der Waals surface area contributed by atoms with E-state index in [-0.39, 0.29) is 12.0 Å². The van der Waals surface area contributed by atoms with Gasteiger partial charge in [0.05, 0.1) is 5.56 Å². The van der Waals surface area contributed by atoms with Crippen molar-refractivity contribution in [3.05, 3.63) is 51.9 Å². The summed E-state index contributed by atoms with van der Waals surface area (Å²) >= 11 is 0.711. The van der Waals surface area contributed by atoms with Gasteiger partial charge in [0.1, 0.15) is 11.1 Å². The second kappa shape index (κ2) is 9.63. The molecule has 0 aliphatic heterocycles. The van der Waals surface area contributed by atoms with Gasteiger partial charge in [0, 0.05) is 11.3 Å². The van der Waals surface area contributed by atoms with Crippen molar-refractivity contribution in [2.45, 2.75) is 63.0 Å². The molecule has 1 amide bonds. The first-order valence-electron chi connectivity index (χ1n) is 10.3. The van der Waals surface area contributed by atoms with E-state index in [0.717, 1.165) is 12.8 Å². The highest BCUT2D eigenvalue weighted by Gasteiger charge is 2.72. The summed E-state index contributed by atoms with van der Waals surface area (Å²) in [4.78, 5) is 12.9. The van der Waals surface area contributed by atoms with Gasteiger partial charge < -0.3 is 10.6 Å². The number of rotatable bonds is 6. The zero-order chi connectivity index (χ0) is 24.3. The molecule has 0 unspecified atom stereocenters. The maximum absolute atomic E-state index is 14.0. The van der Waals surface area contributed by atoms with Crippen molar-refractivity contribution in [1.29, 1.82) is 5.26 Å². The Kier molecular flexibility index (Phi) is 7.26. The van der Waals surface area contributed by atoms with Crippen molar-refractivity contribution in [3.63, 3.8) is 0 Å². The lowest BCUT2D eigenvalue weighted by atomic mass is 10.0. The Morgan fingerprint density at radius 1 is 1.00 bits per heavy atom. The molecule has 2 aromatic rings. The van der Waals surface area contributed by atoms with Crippen molar-refractivity contribution in [2.24, 2.45) is 0 Å². The summed E-state index contributed by atoms with van der Waals surface area (Å²) in [6.45, 7) is 0. The molecule has 33 heavy (non-hydrogen) atoms. The van der Waals surface area contributed by atoms with Gasteiger partial charge in [-0.15, -0.1) is 11.3 Å². The van der Waals surface area contributed by atoms with Gasteiger partial charge in [-0.1, -0.05) is 36.8 Å². The highest BCUT2D eigenvalue weighted by atomic mass is 32.1. The lowest BCUT2D eigenvalue weighted by molar-refractivity contribution is -0.295. The third-order valence-corrected chi connectivity index (χ3v) is 6.70. The van der Waals surface area contributed by atoms with E-state index in [4.69, 9.17) is 0 Å². The van der Waals surface area contributed by atoms with E-state index in [1.54, 1.807) is 36.4 Å². The monoisotopic (exact) mass is 489 g/mol. The highest BCUT2D eigenvalue weighted by molar-refractivity contribution is 7.16. The minimum absolute atomic E-state index is 0.0325. The molecule has 1 aromatic carbocycles. The summed E-state index contributed by atoms with van der Waals surface area (Å²) < 4.78 is 83.9. The number of hydrogen-bond acceptors (Lipinski definition) is 4. The van der Waals surface area contributed by atoms with Crippen LogP contribution in [0.1, 0.15) is 47.3 Å². The Bertz CT molecular complexity index is 1010. The molecule has 178 valence electrons. The quantitative estimate of drug-likeness (QED) is 0.303. The molecule has 1 aliphatic rings. The molecule has 0 saturated carbocycles. The standard InChI is InChI=1S/C22H21F6N3OS/c23-21(24,25)20(22(26,27)28,30-18(32)12-11-14-7-3-1-4-8-14)31-19-16(13-29)15-9-5-2-6-10-17(15)33-19/h1,3-4,7-8,31H,2,5-6,9-12H2,(H,30,32). The van der Waals surface area contributed by atoms with Crippen LogP contribution in [0.4, 0.5) is 31.3 Å². The molecule has 2 N–H and O–H groups in total. The van der Waals surface area contributed by atoms with E-state index in [2.05, 4.69) is 0 Å². The minimum Gasteiger partial charge on any atom is -0.338 e. The molecule has 1 heterocycles. The third kappa shape index (κ3) is 5.27. The average molecular weight is 489 g/mol. The molecule has 0 fully saturated rings. The fourth-order valence-corrected chi connectivity index (χ4v) is 5.06. The Hall–Kier alpha value is -2.74. The zero-order valence-corrected chi connectivity index (χ0v) is 18.2. The Balaban J connectivity index is 1.95. The molecule has 11 heteroatoms. The number of anilines is 1. The van der Waals surface area contributed by atoms with E-state index in [1.165, 1.54) is 10.6 Å². The first-order valence-corrected chi connectivity index (χ1v) is 11.1. The highest BCUT2D eigenvalue weighted by Crippen LogP contribution is 2.46. The number of nitriles is 1. The first-order chi connectivity index (χ1) is 15.5. The van der Waals surface area contributed by atoms with E-state index in [1.807, 2.05) is 0 Å². The number of carbonyl (C=O) groups excluding carboxylic acids is 1. The van der Waals surface area contributed by atoms with Gasteiger partial charge in [-0.3, -0.25) is 4.79 Å². The number of alkyl halides is 6. The second-order valence-electron chi connectivity index (χ2n) is 7.78. The van der Waals surface area contributed by atoms with Crippen LogP contribution in [0, 0.1) is 11.3 Å². The summed E-state index contributed by atoms with van der Waals surface area (Å²) in [5.74, 6) is -1.42. The molecule has 0 spiro atoms. The SMILES string of the molecule is N#Cc1c(NC(NC(=O)CCc2ccccc2)(C(F)(F)F)C(F)(F)F)sc2c1CCCCC2. The van der Waals surface area contributed by atoms with E-state index < -0.39 is 35.3 Å². The lowest BCUT2D eigenvalue weighted by Crippen LogP contribution is -2.72. The Morgan fingerprint density at radius 2 is 1.64 bits per heavy atom. The van der Waals surface area contributed by atoms with Gasteiger partial charge in [0.15, 0.2) is 0 Å². The fraction of sp³-hybridized carbons (Fsp3) is 0.455. The van der Waals surface area contributed by atoms with Gasteiger partial charge in [-0.2, -0.15) is 31.6 Å². The van der Waals surface area contributed by atoms with Gasteiger partial charge >= 0.3 is 18.0 Å². The number of nitrogens with one attached hydrogen (secondary N) is 2. The van der Waals surface area contributed by atoms with E-state index >= 15 is 0 Å². The van der Waals surface area contributed by atoms with Crippen LogP contribution in [0.25, 0.3) is 0 Å². The van der Waals surface area contributed by atoms with Crippen molar-refractivity contribution < 1.29 is 31.1 Å². The smallest absolute Gasteiger partial charge is 0.338 e. The van der Waals surface area contributed by atoms with Crippen LogP contribution >= 0.6 is 11.3 Å². The number of thiophene rings is 1. The van der Waals surface area contributed by atoms with Gasteiger partial charge in [-0.05, 0) is 43.2 Å². The van der Waals surface area contributed by atoms with E-state index in [0.29, 0.717) is 46.6 Å². The summed E-state index contributed by atoms with van der Waals surface area (Å²) in [5.41, 5.74) is -3.88. The number of amides is 1. The molecule has 0 bridgehead atoms. The van der Waals surface area contributed by atoms with Crippen LogP contribution in [0.5, 0.6) is 0 Å². The summed E-state index contributed by atoms with van der Waals surface area (Å²) in [5, 5.41) is 11.7. The molecule has 1 aromatic heterocycles. The average Bonchev–Trinajstić information content (AvgIpc) is 2.89. The Labute approximate surface area is 190 Å². The lowest BCUT2D eigenvalue weighted by Gasteiger charge is -2.38. The molecule has 1 aliphatic carbocycles. The van der Waals surface area contributed by atoms with Crippen LogP contribution in [0.3, 0.4) is 0 Å². The molecule has 0 radical (unpaired) electrons. The maximum Gasteiger partial charge on any atom is 0.439 e. The number of halogens is 6. The number of hydrogen-bond donors (Lipinski definition) is 2. The molecular weight excluding hydrogens is 468 g/mol. The normalized spacial score (nSPS) is 14.7. The largest absolute Gasteiger partial charge is 0.439 e. The van der Waals surface area contributed by atoms with E-state index in [9.17, 15) is 36.4 Å². The van der Waals surface area contributed by atoms with Crippen LogP contribution < -0.4 is 10.6 Å². The number of carbonyl (C=O) groups is 1. The zero-order valence-electron chi connectivity index (χ0n) is 17.4. The summed E-state index contributed by atoms with van der Waals surface area (Å²) in [6.07, 6.45) is -9.29.